The molecule has 0 aliphatic heterocycles. The molecule has 0 atom stereocenters. The van der Waals surface area contributed by atoms with Gasteiger partial charge in [-0.2, -0.15) is 5.26 Å². The summed E-state index contributed by atoms with van der Waals surface area (Å²) >= 11 is 5.61. The molecule has 1 aromatic carbocycles. The number of nitrogens with zero attached hydrogens (tertiary/aromatic N) is 2. The maximum absolute atomic E-state index is 12.8. The standard InChI is InChI=1S/C11H10ClFN2O/c1-15(11(16)7-14)5-4-8-2-3-10(13)9(12)6-8/h2-3,6H,4-5H2,1H3. The molecular formula is C11H10ClFN2O. The Morgan fingerprint density at radius 2 is 2.31 bits per heavy atom. The molecule has 84 valence electrons. The summed E-state index contributed by atoms with van der Waals surface area (Å²) in [6.07, 6.45) is 0.532. The second kappa shape index (κ2) is 5.47. The largest absolute Gasteiger partial charge is 0.333 e. The number of carbonyl (C=O) groups excluding carboxylic acids is 1. The van der Waals surface area contributed by atoms with Crippen molar-refractivity contribution in [3.63, 3.8) is 0 Å². The summed E-state index contributed by atoms with van der Waals surface area (Å²) in [6, 6.07) is 5.92. The van der Waals surface area contributed by atoms with Crippen LogP contribution in [-0.4, -0.2) is 24.4 Å². The molecule has 0 bridgehead atoms. The topological polar surface area (TPSA) is 44.1 Å². The zero-order valence-corrected chi connectivity index (χ0v) is 9.46. The smallest absolute Gasteiger partial charge is 0.324 e. The molecule has 0 aromatic heterocycles. The molecule has 3 nitrogen and oxygen atoms in total. The maximum Gasteiger partial charge on any atom is 0.324 e. The first-order chi connectivity index (χ1) is 7.54. The Morgan fingerprint density at radius 1 is 1.62 bits per heavy atom. The van der Waals surface area contributed by atoms with Crippen molar-refractivity contribution in [3.8, 4) is 6.07 Å². The second-order valence-corrected chi connectivity index (χ2v) is 3.74. The Kier molecular flexibility index (Phi) is 4.27. The summed E-state index contributed by atoms with van der Waals surface area (Å²) in [6.45, 7) is 0.397. The molecule has 0 aliphatic carbocycles. The molecule has 0 saturated heterocycles. The number of hydrogen-bond donors (Lipinski definition) is 0. The highest BCUT2D eigenvalue weighted by molar-refractivity contribution is 6.30. The van der Waals surface area contributed by atoms with Crippen LogP contribution in [0.4, 0.5) is 4.39 Å². The van der Waals surface area contributed by atoms with E-state index in [1.807, 2.05) is 0 Å². The minimum absolute atomic E-state index is 0.0618. The van der Waals surface area contributed by atoms with Crippen LogP contribution < -0.4 is 0 Å². The molecular weight excluding hydrogens is 231 g/mol. The molecule has 1 aromatic rings. The van der Waals surface area contributed by atoms with E-state index in [2.05, 4.69) is 0 Å². The van der Waals surface area contributed by atoms with Crippen LogP contribution in [0, 0.1) is 17.1 Å². The molecule has 0 aliphatic rings. The fraction of sp³-hybridized carbons (Fsp3) is 0.273. The number of rotatable bonds is 3. The maximum atomic E-state index is 12.8. The quantitative estimate of drug-likeness (QED) is 0.759. The van der Waals surface area contributed by atoms with Gasteiger partial charge in [-0.15, -0.1) is 0 Å². The van der Waals surface area contributed by atoms with Crippen molar-refractivity contribution in [1.29, 1.82) is 5.26 Å². The van der Waals surface area contributed by atoms with Gasteiger partial charge in [0.1, 0.15) is 5.82 Å². The number of hydrogen-bond acceptors (Lipinski definition) is 2. The number of benzene rings is 1. The lowest BCUT2D eigenvalue weighted by molar-refractivity contribution is -0.124. The molecule has 5 heteroatoms. The summed E-state index contributed by atoms with van der Waals surface area (Å²) in [7, 11) is 1.54. The first-order valence-corrected chi connectivity index (χ1v) is 5.01. The minimum atomic E-state index is -0.590. The zero-order chi connectivity index (χ0) is 12.1. The van der Waals surface area contributed by atoms with Gasteiger partial charge < -0.3 is 4.90 Å². The van der Waals surface area contributed by atoms with Crippen molar-refractivity contribution < 1.29 is 9.18 Å². The first-order valence-electron chi connectivity index (χ1n) is 4.63. The highest BCUT2D eigenvalue weighted by Crippen LogP contribution is 2.16. The molecule has 0 radical (unpaired) electrons. The van der Waals surface area contributed by atoms with Crippen molar-refractivity contribution in [2.75, 3.05) is 13.6 Å². The van der Waals surface area contributed by atoms with Gasteiger partial charge in [0.25, 0.3) is 0 Å². The Balaban J connectivity index is 2.59. The Bertz CT molecular complexity index is 442. The minimum Gasteiger partial charge on any atom is -0.333 e. The van der Waals surface area contributed by atoms with Crippen LogP contribution in [0.25, 0.3) is 0 Å². The van der Waals surface area contributed by atoms with Gasteiger partial charge in [0.2, 0.25) is 0 Å². The van der Waals surface area contributed by atoms with E-state index in [1.54, 1.807) is 6.07 Å². The van der Waals surface area contributed by atoms with Crippen LogP contribution in [0.2, 0.25) is 5.02 Å². The number of halogens is 2. The molecule has 0 N–H and O–H groups in total. The van der Waals surface area contributed by atoms with Gasteiger partial charge in [-0.25, -0.2) is 4.39 Å². The molecule has 0 heterocycles. The number of likely N-dealkylation sites (N-methyl/N-ethyl adjacent to an activating group) is 1. The molecule has 16 heavy (non-hydrogen) atoms. The summed E-state index contributed by atoms with van der Waals surface area (Å²) in [4.78, 5) is 12.2. The summed E-state index contributed by atoms with van der Waals surface area (Å²) in [5, 5.41) is 8.43. The number of amides is 1. The van der Waals surface area contributed by atoms with E-state index >= 15 is 0 Å². The van der Waals surface area contributed by atoms with Gasteiger partial charge >= 0.3 is 5.91 Å². The average molecular weight is 241 g/mol. The van der Waals surface area contributed by atoms with Crippen LogP contribution >= 0.6 is 11.6 Å². The molecule has 0 fully saturated rings. The third-order valence-electron chi connectivity index (χ3n) is 2.16. The van der Waals surface area contributed by atoms with E-state index in [1.165, 1.54) is 30.1 Å². The fourth-order valence-corrected chi connectivity index (χ4v) is 1.38. The number of carbonyl (C=O) groups is 1. The monoisotopic (exact) mass is 240 g/mol. The van der Waals surface area contributed by atoms with E-state index < -0.39 is 11.7 Å². The van der Waals surface area contributed by atoms with Crippen molar-refractivity contribution in [1.82, 2.24) is 4.90 Å². The third kappa shape index (κ3) is 3.21. The van der Waals surface area contributed by atoms with Crippen molar-refractivity contribution in [2.24, 2.45) is 0 Å². The van der Waals surface area contributed by atoms with Gasteiger partial charge in [-0.1, -0.05) is 17.7 Å². The van der Waals surface area contributed by atoms with E-state index in [0.717, 1.165) is 5.56 Å². The van der Waals surface area contributed by atoms with E-state index in [4.69, 9.17) is 16.9 Å². The van der Waals surface area contributed by atoms with E-state index in [-0.39, 0.29) is 5.02 Å². The van der Waals surface area contributed by atoms with E-state index in [0.29, 0.717) is 13.0 Å². The molecule has 0 saturated carbocycles. The van der Waals surface area contributed by atoms with Crippen LogP contribution in [0.3, 0.4) is 0 Å². The number of nitriles is 1. The van der Waals surface area contributed by atoms with Crippen LogP contribution in [-0.2, 0) is 11.2 Å². The van der Waals surface area contributed by atoms with Gasteiger partial charge in [0, 0.05) is 13.6 Å². The van der Waals surface area contributed by atoms with Crippen molar-refractivity contribution in [2.45, 2.75) is 6.42 Å². The predicted octanol–water partition coefficient (Wildman–Crippen LogP) is 2.00. The van der Waals surface area contributed by atoms with Gasteiger partial charge in [-0.05, 0) is 24.1 Å². The predicted molar refractivity (Wildman–Crippen MR) is 58.4 cm³/mol. The van der Waals surface area contributed by atoms with Crippen molar-refractivity contribution in [3.05, 3.63) is 34.6 Å². The summed E-state index contributed by atoms with van der Waals surface area (Å²) in [5.74, 6) is -1.06. The van der Waals surface area contributed by atoms with Crippen LogP contribution in [0.15, 0.2) is 18.2 Å². The molecule has 0 unspecified atom stereocenters. The lowest BCUT2D eigenvalue weighted by atomic mass is 10.1. The zero-order valence-electron chi connectivity index (χ0n) is 8.70. The molecule has 0 spiro atoms. The van der Waals surface area contributed by atoms with E-state index in [9.17, 15) is 9.18 Å². The van der Waals surface area contributed by atoms with Crippen LogP contribution in [0.5, 0.6) is 0 Å². The first kappa shape index (κ1) is 12.5. The normalized spacial score (nSPS) is 9.62. The highest BCUT2D eigenvalue weighted by Gasteiger charge is 2.07. The van der Waals surface area contributed by atoms with Gasteiger partial charge in [-0.3, -0.25) is 4.79 Å². The highest BCUT2D eigenvalue weighted by atomic mass is 35.5. The third-order valence-corrected chi connectivity index (χ3v) is 2.45. The average Bonchev–Trinajstić information content (AvgIpc) is 2.29. The molecule has 1 amide bonds. The Labute approximate surface area is 98.0 Å². The fourth-order valence-electron chi connectivity index (χ4n) is 1.18. The van der Waals surface area contributed by atoms with Crippen LogP contribution in [0.1, 0.15) is 5.56 Å². The lowest BCUT2D eigenvalue weighted by Crippen LogP contribution is -2.27. The Hall–Kier alpha value is -1.60. The van der Waals surface area contributed by atoms with Crippen molar-refractivity contribution >= 4 is 17.5 Å². The van der Waals surface area contributed by atoms with Gasteiger partial charge in [0.05, 0.1) is 5.02 Å². The van der Waals surface area contributed by atoms with Gasteiger partial charge in [0.15, 0.2) is 6.07 Å². The summed E-state index contributed by atoms with van der Waals surface area (Å²) in [5.41, 5.74) is 0.823. The lowest BCUT2D eigenvalue weighted by Gasteiger charge is -2.12. The molecule has 1 rings (SSSR count). The summed E-state index contributed by atoms with van der Waals surface area (Å²) < 4.78 is 12.8. The second-order valence-electron chi connectivity index (χ2n) is 3.34. The SMILES string of the molecule is CN(CCc1ccc(F)c(Cl)c1)C(=O)C#N. The Morgan fingerprint density at radius 3 is 2.88 bits per heavy atom.